The molecule has 17 heavy (non-hydrogen) atoms. The van der Waals surface area contributed by atoms with Crippen LogP contribution < -0.4 is 0 Å². The molecule has 0 aromatic heterocycles. The van der Waals surface area contributed by atoms with Crippen molar-refractivity contribution in [2.75, 3.05) is 0 Å². The maximum absolute atomic E-state index is 13.4. The first kappa shape index (κ1) is 11.5. The van der Waals surface area contributed by atoms with Gasteiger partial charge >= 0.3 is 0 Å². The summed E-state index contributed by atoms with van der Waals surface area (Å²) in [4.78, 5) is 0. The lowest BCUT2D eigenvalue weighted by molar-refractivity contribution is 0.571. The van der Waals surface area contributed by atoms with Crippen LogP contribution >= 0.6 is 0 Å². The second-order valence-corrected chi connectivity index (χ2v) is 4.12. The predicted octanol–water partition coefficient (Wildman–Crippen LogP) is 3.83. The molecule has 1 atom stereocenters. The number of hydrogen-bond donors (Lipinski definition) is 0. The van der Waals surface area contributed by atoms with E-state index in [9.17, 15) is 8.78 Å². The topological polar surface area (TPSA) is 23.8 Å². The fourth-order valence-corrected chi connectivity index (χ4v) is 1.89. The van der Waals surface area contributed by atoms with E-state index in [1.807, 2.05) is 25.2 Å². The molecule has 0 spiro atoms. The molecular weight excluding hydrogens is 220 g/mol. The maximum Gasteiger partial charge on any atom is 0.144 e. The molecule has 1 aliphatic rings. The predicted molar refractivity (Wildman–Crippen MR) is 61.3 cm³/mol. The molecule has 86 valence electrons. The Bertz CT molecular complexity index is 527. The number of nitrogens with zero attached hydrogens (tertiary/aromatic N) is 1. The third kappa shape index (κ3) is 2.26. The molecule has 0 aliphatic heterocycles. The van der Waals surface area contributed by atoms with Gasteiger partial charge in [-0.3, -0.25) is 0 Å². The molecule has 1 nitrogen and oxygen atoms in total. The summed E-state index contributed by atoms with van der Waals surface area (Å²) in [7, 11) is 0. The van der Waals surface area contributed by atoms with Gasteiger partial charge in [-0.25, -0.2) is 8.78 Å². The van der Waals surface area contributed by atoms with Crippen molar-refractivity contribution in [3.8, 4) is 6.07 Å². The van der Waals surface area contributed by atoms with Crippen molar-refractivity contribution in [1.82, 2.24) is 0 Å². The lowest BCUT2D eigenvalue weighted by Gasteiger charge is -2.15. The van der Waals surface area contributed by atoms with E-state index in [-0.39, 0.29) is 5.92 Å². The Morgan fingerprint density at radius 1 is 1.29 bits per heavy atom. The summed E-state index contributed by atoms with van der Waals surface area (Å²) < 4.78 is 26.9. The fraction of sp³-hybridized carbons (Fsp3) is 0.214. The van der Waals surface area contributed by atoms with E-state index in [1.165, 1.54) is 18.2 Å². The van der Waals surface area contributed by atoms with Gasteiger partial charge in [0.05, 0.1) is 0 Å². The maximum atomic E-state index is 13.4. The van der Waals surface area contributed by atoms with E-state index in [2.05, 4.69) is 0 Å². The number of hydrogen-bond acceptors (Lipinski definition) is 1. The van der Waals surface area contributed by atoms with Gasteiger partial charge in [-0.2, -0.15) is 5.26 Å². The molecule has 0 heterocycles. The Morgan fingerprint density at radius 3 is 2.41 bits per heavy atom. The first-order valence-electron chi connectivity index (χ1n) is 5.36. The van der Waals surface area contributed by atoms with Crippen molar-refractivity contribution in [2.24, 2.45) is 0 Å². The van der Waals surface area contributed by atoms with Crippen LogP contribution in [0.4, 0.5) is 8.78 Å². The van der Waals surface area contributed by atoms with E-state index in [4.69, 9.17) is 5.26 Å². The van der Waals surface area contributed by atoms with Crippen LogP contribution in [-0.2, 0) is 0 Å². The second-order valence-electron chi connectivity index (χ2n) is 4.12. The molecule has 1 aliphatic carbocycles. The van der Waals surface area contributed by atoms with Gasteiger partial charge < -0.3 is 0 Å². The van der Waals surface area contributed by atoms with Crippen LogP contribution in [0.1, 0.15) is 30.4 Å². The minimum Gasteiger partial charge on any atom is -0.205 e. The number of allylic oxidation sites excluding steroid dienone is 4. The molecule has 3 heteroatoms. The van der Waals surface area contributed by atoms with Crippen molar-refractivity contribution in [3.05, 3.63) is 58.7 Å². The molecule has 2 rings (SSSR count). The summed E-state index contributed by atoms with van der Waals surface area (Å²) in [6.45, 7) is 1.98. The van der Waals surface area contributed by atoms with Crippen molar-refractivity contribution < 1.29 is 8.78 Å². The smallest absolute Gasteiger partial charge is 0.144 e. The Balaban J connectivity index is 2.36. The number of nitriles is 1. The number of halogens is 2. The SMILES string of the molecule is CC1=CCC(c2cc(F)c(C#N)c(F)c2)C=C1. The first-order chi connectivity index (χ1) is 8.11. The fourth-order valence-electron chi connectivity index (χ4n) is 1.89. The van der Waals surface area contributed by atoms with Crippen LogP contribution in [0.15, 0.2) is 35.9 Å². The molecule has 1 aromatic carbocycles. The van der Waals surface area contributed by atoms with Crippen LogP contribution in [0.25, 0.3) is 0 Å². The molecular formula is C14H11F2N. The Morgan fingerprint density at radius 2 is 1.94 bits per heavy atom. The minimum atomic E-state index is -0.790. The van der Waals surface area contributed by atoms with E-state index in [0.717, 1.165) is 12.0 Å². The summed E-state index contributed by atoms with van der Waals surface area (Å²) in [5, 5.41) is 8.58. The minimum absolute atomic E-state index is 0.0181. The molecule has 0 saturated carbocycles. The first-order valence-corrected chi connectivity index (χ1v) is 5.36. The second kappa shape index (κ2) is 4.50. The quantitative estimate of drug-likeness (QED) is 0.720. The Hall–Kier alpha value is -1.95. The van der Waals surface area contributed by atoms with Gasteiger partial charge in [0.2, 0.25) is 0 Å². The standard InChI is InChI=1S/C14H11F2N/c1-9-2-4-10(5-3-9)11-6-13(15)12(8-17)14(16)7-11/h2-4,6-7,10H,5H2,1H3. The number of benzene rings is 1. The van der Waals surface area contributed by atoms with Crippen LogP contribution in [0.5, 0.6) is 0 Å². The van der Waals surface area contributed by atoms with Crippen molar-refractivity contribution >= 4 is 0 Å². The monoisotopic (exact) mass is 231 g/mol. The van der Waals surface area contributed by atoms with E-state index in [1.54, 1.807) is 0 Å². The lowest BCUT2D eigenvalue weighted by Crippen LogP contribution is -2.01. The highest BCUT2D eigenvalue weighted by molar-refractivity contribution is 5.39. The molecule has 0 saturated heterocycles. The Kier molecular flexibility index (Phi) is 3.06. The van der Waals surface area contributed by atoms with Gasteiger partial charge in [0.1, 0.15) is 23.3 Å². The summed E-state index contributed by atoms with van der Waals surface area (Å²) in [5.41, 5.74) is 1.20. The zero-order valence-electron chi connectivity index (χ0n) is 9.37. The zero-order chi connectivity index (χ0) is 12.4. The van der Waals surface area contributed by atoms with Crippen molar-refractivity contribution in [1.29, 1.82) is 5.26 Å². The van der Waals surface area contributed by atoms with Gasteiger partial charge in [-0.1, -0.05) is 23.8 Å². The summed E-state index contributed by atoms with van der Waals surface area (Å²) >= 11 is 0. The highest BCUT2D eigenvalue weighted by atomic mass is 19.1. The zero-order valence-corrected chi connectivity index (χ0v) is 9.37. The van der Waals surface area contributed by atoms with Gasteiger partial charge in [0.25, 0.3) is 0 Å². The van der Waals surface area contributed by atoms with Gasteiger partial charge in [0.15, 0.2) is 0 Å². The van der Waals surface area contributed by atoms with Gasteiger partial charge in [-0.15, -0.1) is 0 Å². The number of rotatable bonds is 1. The average molecular weight is 231 g/mol. The van der Waals surface area contributed by atoms with Crippen LogP contribution in [-0.4, -0.2) is 0 Å². The third-order valence-corrected chi connectivity index (χ3v) is 2.89. The van der Waals surface area contributed by atoms with Gasteiger partial charge in [-0.05, 0) is 31.0 Å². The molecule has 0 bridgehead atoms. The Labute approximate surface area is 98.7 Å². The largest absolute Gasteiger partial charge is 0.205 e. The normalized spacial score (nSPS) is 18.7. The summed E-state index contributed by atoms with van der Waals surface area (Å²) in [5.74, 6) is -1.60. The van der Waals surface area contributed by atoms with E-state index >= 15 is 0 Å². The molecule has 0 amide bonds. The van der Waals surface area contributed by atoms with E-state index < -0.39 is 17.2 Å². The van der Waals surface area contributed by atoms with Crippen molar-refractivity contribution in [2.45, 2.75) is 19.3 Å². The van der Waals surface area contributed by atoms with Crippen LogP contribution in [0.2, 0.25) is 0 Å². The third-order valence-electron chi connectivity index (χ3n) is 2.89. The van der Waals surface area contributed by atoms with Crippen molar-refractivity contribution in [3.63, 3.8) is 0 Å². The molecule has 0 fully saturated rings. The van der Waals surface area contributed by atoms with Crippen LogP contribution in [0.3, 0.4) is 0 Å². The molecule has 1 aromatic rings. The van der Waals surface area contributed by atoms with Gasteiger partial charge in [0, 0.05) is 5.92 Å². The highest BCUT2D eigenvalue weighted by Crippen LogP contribution is 2.28. The molecule has 0 radical (unpaired) electrons. The molecule has 0 N–H and O–H groups in total. The summed E-state index contributed by atoms with van der Waals surface area (Å²) in [6.07, 6.45) is 6.61. The summed E-state index contributed by atoms with van der Waals surface area (Å²) in [6, 6.07) is 4.00. The lowest BCUT2D eigenvalue weighted by atomic mass is 9.90. The average Bonchev–Trinajstić information content (AvgIpc) is 2.29. The highest BCUT2D eigenvalue weighted by Gasteiger charge is 2.16. The molecule has 1 unspecified atom stereocenters. The van der Waals surface area contributed by atoms with E-state index in [0.29, 0.717) is 5.56 Å². The van der Waals surface area contributed by atoms with Crippen LogP contribution in [0, 0.1) is 23.0 Å².